The fraction of sp³-hybridized carbons (Fsp3) is 0.300. The average molecular weight is 234 g/mol. The summed E-state index contributed by atoms with van der Waals surface area (Å²) in [7, 11) is 3.47. The molecule has 0 bridgehead atoms. The zero-order valence-electron chi connectivity index (χ0n) is 9.93. The van der Waals surface area contributed by atoms with Crippen LogP contribution in [0, 0.1) is 6.92 Å². The van der Waals surface area contributed by atoms with Crippen LogP contribution in [0.1, 0.15) is 16.2 Å². The molecule has 0 atom stereocenters. The second-order valence-electron chi connectivity index (χ2n) is 3.80. The van der Waals surface area contributed by atoms with Gasteiger partial charge in [0.15, 0.2) is 11.5 Å². The summed E-state index contributed by atoms with van der Waals surface area (Å²) in [6, 6.07) is 1.63. The minimum atomic E-state index is -0.305. The molecule has 1 amide bonds. The van der Waals surface area contributed by atoms with E-state index in [0.29, 0.717) is 22.9 Å². The summed E-state index contributed by atoms with van der Waals surface area (Å²) in [5.41, 5.74) is 7.30. The van der Waals surface area contributed by atoms with Gasteiger partial charge in [-0.25, -0.2) is 0 Å². The van der Waals surface area contributed by atoms with E-state index in [1.54, 1.807) is 38.0 Å². The molecule has 0 fully saturated rings. The SMILES string of the molecule is Cc1nn(C)c(NC(=O)c2ccn(C)n2)c1N. The summed E-state index contributed by atoms with van der Waals surface area (Å²) >= 11 is 0. The number of anilines is 2. The molecule has 2 heterocycles. The van der Waals surface area contributed by atoms with E-state index in [4.69, 9.17) is 5.73 Å². The van der Waals surface area contributed by atoms with Gasteiger partial charge in [0.25, 0.3) is 5.91 Å². The lowest BCUT2D eigenvalue weighted by molar-refractivity contribution is 0.102. The lowest BCUT2D eigenvalue weighted by atomic mass is 10.3. The Morgan fingerprint density at radius 1 is 1.41 bits per heavy atom. The van der Waals surface area contributed by atoms with E-state index in [1.165, 1.54) is 4.68 Å². The first-order valence-corrected chi connectivity index (χ1v) is 5.09. The molecule has 0 radical (unpaired) electrons. The van der Waals surface area contributed by atoms with Crippen LogP contribution < -0.4 is 11.1 Å². The van der Waals surface area contributed by atoms with Crippen molar-refractivity contribution in [3.63, 3.8) is 0 Å². The zero-order valence-corrected chi connectivity index (χ0v) is 9.93. The van der Waals surface area contributed by atoms with Crippen molar-refractivity contribution in [2.75, 3.05) is 11.1 Å². The highest BCUT2D eigenvalue weighted by Gasteiger charge is 2.15. The number of nitrogens with one attached hydrogen (secondary N) is 1. The fourth-order valence-electron chi connectivity index (χ4n) is 1.53. The molecule has 7 nitrogen and oxygen atoms in total. The molecule has 0 spiro atoms. The van der Waals surface area contributed by atoms with E-state index in [-0.39, 0.29) is 5.91 Å². The highest BCUT2D eigenvalue weighted by Crippen LogP contribution is 2.21. The third kappa shape index (κ3) is 1.99. The van der Waals surface area contributed by atoms with Crippen LogP contribution in [0.3, 0.4) is 0 Å². The topological polar surface area (TPSA) is 90.8 Å². The van der Waals surface area contributed by atoms with Crippen LogP contribution in [0.5, 0.6) is 0 Å². The van der Waals surface area contributed by atoms with Gasteiger partial charge in [-0.1, -0.05) is 0 Å². The number of nitrogens with zero attached hydrogens (tertiary/aromatic N) is 4. The van der Waals surface area contributed by atoms with Crippen molar-refractivity contribution in [3.05, 3.63) is 23.7 Å². The van der Waals surface area contributed by atoms with Crippen molar-refractivity contribution < 1.29 is 4.79 Å². The number of nitrogen functional groups attached to an aromatic ring is 1. The maximum Gasteiger partial charge on any atom is 0.277 e. The van der Waals surface area contributed by atoms with Crippen molar-refractivity contribution in [1.29, 1.82) is 0 Å². The highest BCUT2D eigenvalue weighted by atomic mass is 16.2. The molecule has 0 aliphatic rings. The Bertz CT molecular complexity index is 567. The minimum Gasteiger partial charge on any atom is -0.394 e. The van der Waals surface area contributed by atoms with Gasteiger partial charge in [-0.15, -0.1) is 0 Å². The first-order valence-electron chi connectivity index (χ1n) is 5.09. The Morgan fingerprint density at radius 2 is 2.12 bits per heavy atom. The van der Waals surface area contributed by atoms with Crippen molar-refractivity contribution in [2.24, 2.45) is 14.1 Å². The molecular formula is C10H14N6O. The van der Waals surface area contributed by atoms with Crippen LogP contribution in [-0.4, -0.2) is 25.5 Å². The Hall–Kier alpha value is -2.31. The smallest absolute Gasteiger partial charge is 0.277 e. The minimum absolute atomic E-state index is 0.305. The van der Waals surface area contributed by atoms with E-state index >= 15 is 0 Å². The van der Waals surface area contributed by atoms with Crippen LogP contribution >= 0.6 is 0 Å². The Labute approximate surface area is 98.2 Å². The van der Waals surface area contributed by atoms with Crippen LogP contribution in [0.2, 0.25) is 0 Å². The Balaban J connectivity index is 2.24. The van der Waals surface area contributed by atoms with Gasteiger partial charge in [0.05, 0.1) is 11.4 Å². The van der Waals surface area contributed by atoms with Gasteiger partial charge < -0.3 is 11.1 Å². The standard InChI is InChI=1S/C10H14N6O/c1-6-8(11)9(16(3)13-6)12-10(17)7-4-5-15(2)14-7/h4-5H,11H2,1-3H3,(H,12,17). The summed E-state index contributed by atoms with van der Waals surface area (Å²) in [4.78, 5) is 11.9. The lowest BCUT2D eigenvalue weighted by Crippen LogP contribution is -2.16. The molecule has 2 aromatic heterocycles. The van der Waals surface area contributed by atoms with Crippen LogP contribution in [0.4, 0.5) is 11.5 Å². The number of aryl methyl sites for hydroxylation is 3. The second kappa shape index (κ2) is 3.93. The van der Waals surface area contributed by atoms with Gasteiger partial charge >= 0.3 is 0 Å². The number of carbonyl (C=O) groups excluding carboxylic acids is 1. The number of hydrogen-bond acceptors (Lipinski definition) is 4. The van der Waals surface area contributed by atoms with E-state index in [9.17, 15) is 4.79 Å². The molecule has 0 aliphatic heterocycles. The molecule has 7 heteroatoms. The number of carbonyl (C=O) groups is 1. The Kier molecular flexibility index (Phi) is 2.58. The van der Waals surface area contributed by atoms with Crippen molar-refractivity contribution >= 4 is 17.4 Å². The van der Waals surface area contributed by atoms with E-state index < -0.39 is 0 Å². The summed E-state index contributed by atoms with van der Waals surface area (Å²) < 4.78 is 3.10. The van der Waals surface area contributed by atoms with Crippen LogP contribution in [0.15, 0.2) is 12.3 Å². The van der Waals surface area contributed by atoms with Crippen molar-refractivity contribution in [1.82, 2.24) is 19.6 Å². The Morgan fingerprint density at radius 3 is 2.59 bits per heavy atom. The number of amides is 1. The monoisotopic (exact) mass is 234 g/mol. The van der Waals surface area contributed by atoms with Crippen LogP contribution in [-0.2, 0) is 14.1 Å². The normalized spacial score (nSPS) is 10.5. The van der Waals surface area contributed by atoms with Gasteiger partial charge in [0.1, 0.15) is 0 Å². The number of aromatic nitrogens is 4. The third-order valence-electron chi connectivity index (χ3n) is 2.45. The van der Waals surface area contributed by atoms with Gasteiger partial charge in [-0.05, 0) is 13.0 Å². The molecule has 0 saturated heterocycles. The number of rotatable bonds is 2. The summed E-state index contributed by atoms with van der Waals surface area (Å²) in [5, 5.41) is 10.8. The fourth-order valence-corrected chi connectivity index (χ4v) is 1.53. The summed E-state index contributed by atoms with van der Waals surface area (Å²) in [6.07, 6.45) is 1.70. The van der Waals surface area contributed by atoms with E-state index in [0.717, 1.165) is 0 Å². The summed E-state index contributed by atoms with van der Waals surface area (Å²) in [5.74, 6) is 0.179. The molecule has 0 saturated carbocycles. The quantitative estimate of drug-likeness (QED) is 0.781. The number of nitrogens with two attached hydrogens (primary N) is 1. The maximum atomic E-state index is 11.9. The molecule has 90 valence electrons. The average Bonchev–Trinajstić information content (AvgIpc) is 2.79. The van der Waals surface area contributed by atoms with E-state index in [2.05, 4.69) is 15.5 Å². The van der Waals surface area contributed by atoms with Gasteiger partial charge in [-0.3, -0.25) is 14.2 Å². The maximum absolute atomic E-state index is 11.9. The molecule has 2 rings (SSSR count). The molecule has 3 N–H and O–H groups in total. The second-order valence-corrected chi connectivity index (χ2v) is 3.80. The van der Waals surface area contributed by atoms with E-state index in [1.807, 2.05) is 0 Å². The molecule has 0 aliphatic carbocycles. The van der Waals surface area contributed by atoms with Crippen molar-refractivity contribution in [3.8, 4) is 0 Å². The molecular weight excluding hydrogens is 220 g/mol. The lowest BCUT2D eigenvalue weighted by Gasteiger charge is -2.04. The largest absolute Gasteiger partial charge is 0.394 e. The highest BCUT2D eigenvalue weighted by molar-refractivity contribution is 6.03. The molecule has 2 aromatic rings. The predicted molar refractivity (Wildman–Crippen MR) is 63.5 cm³/mol. The summed E-state index contributed by atoms with van der Waals surface area (Å²) in [6.45, 7) is 1.78. The number of hydrogen-bond donors (Lipinski definition) is 2. The third-order valence-corrected chi connectivity index (χ3v) is 2.45. The zero-order chi connectivity index (χ0) is 12.6. The van der Waals surface area contributed by atoms with Crippen LogP contribution in [0.25, 0.3) is 0 Å². The first-order chi connectivity index (χ1) is 7.99. The molecule has 17 heavy (non-hydrogen) atoms. The van der Waals surface area contributed by atoms with Gasteiger partial charge in [0, 0.05) is 20.3 Å². The molecule has 0 aromatic carbocycles. The van der Waals surface area contributed by atoms with Gasteiger partial charge in [-0.2, -0.15) is 10.2 Å². The predicted octanol–water partition coefficient (Wildman–Crippen LogP) is 0.297. The van der Waals surface area contributed by atoms with Gasteiger partial charge in [0.2, 0.25) is 0 Å². The first kappa shape index (κ1) is 11.2. The molecule has 0 unspecified atom stereocenters. The van der Waals surface area contributed by atoms with Crippen molar-refractivity contribution in [2.45, 2.75) is 6.92 Å².